The van der Waals surface area contributed by atoms with E-state index in [4.69, 9.17) is 0 Å². The van der Waals surface area contributed by atoms with Gasteiger partial charge in [0, 0.05) is 22.4 Å². The highest BCUT2D eigenvalue weighted by atomic mass is 32.2. The lowest BCUT2D eigenvalue weighted by Gasteiger charge is -1.99. The molecule has 0 aliphatic rings. The molecule has 1 aromatic carbocycles. The average molecular weight is 381 g/mol. The number of hydrogen-bond acceptors (Lipinski definition) is 6. The first kappa shape index (κ1) is 17.1. The van der Waals surface area contributed by atoms with Crippen LogP contribution in [0.15, 0.2) is 41.8 Å². The lowest BCUT2D eigenvalue weighted by Crippen LogP contribution is -2.23. The van der Waals surface area contributed by atoms with Crippen LogP contribution in [-0.4, -0.2) is 31.3 Å². The van der Waals surface area contributed by atoms with Gasteiger partial charge in [-0.3, -0.25) is 0 Å². The van der Waals surface area contributed by atoms with Gasteiger partial charge in [-0.25, -0.2) is 18.1 Å². The fourth-order valence-electron chi connectivity index (χ4n) is 2.13. The van der Waals surface area contributed by atoms with Crippen molar-refractivity contribution in [3.05, 3.63) is 46.7 Å². The summed E-state index contributed by atoms with van der Waals surface area (Å²) in [4.78, 5) is 6.82. The van der Waals surface area contributed by atoms with Gasteiger partial charge in [0.2, 0.25) is 10.0 Å². The Kier molecular flexibility index (Phi) is 5.00. The molecule has 3 aromatic rings. The Morgan fingerprint density at radius 1 is 1.17 bits per heavy atom. The molecule has 126 valence electrons. The third kappa shape index (κ3) is 4.41. The number of nitrogens with one attached hydrogen (secondary N) is 1. The van der Waals surface area contributed by atoms with E-state index in [9.17, 15) is 13.5 Å². The normalized spacial score (nSPS) is 11.7. The molecule has 0 aliphatic carbocycles. The molecule has 0 saturated heterocycles. The first-order valence-corrected chi connectivity index (χ1v) is 10.8. The molecule has 0 atom stereocenters. The Bertz CT molecular complexity index is 928. The van der Waals surface area contributed by atoms with Gasteiger partial charge in [-0.15, -0.1) is 22.7 Å². The molecular formula is C16H16N2O3S3. The topological polar surface area (TPSA) is 79.3 Å². The van der Waals surface area contributed by atoms with Crippen LogP contribution in [0.1, 0.15) is 4.88 Å². The Hall–Kier alpha value is -1.74. The number of hydrogen-bond donors (Lipinski definition) is 2. The maximum Gasteiger partial charge on any atom is 0.208 e. The van der Waals surface area contributed by atoms with E-state index < -0.39 is 10.0 Å². The summed E-state index contributed by atoms with van der Waals surface area (Å²) in [5, 5.41) is 12.3. The molecule has 0 radical (unpaired) electrons. The van der Waals surface area contributed by atoms with E-state index in [0.29, 0.717) is 13.0 Å². The summed E-state index contributed by atoms with van der Waals surface area (Å²) in [6.45, 7) is 0.397. The zero-order valence-electron chi connectivity index (χ0n) is 12.9. The van der Waals surface area contributed by atoms with E-state index in [1.54, 1.807) is 34.8 Å². The SMILES string of the molecule is CS(=O)(=O)NCCc1ccc(-c2csc(-c3ccc(O)cc3)n2)s1. The van der Waals surface area contributed by atoms with Crippen molar-refractivity contribution >= 4 is 32.7 Å². The van der Waals surface area contributed by atoms with Gasteiger partial charge < -0.3 is 5.11 Å². The summed E-state index contributed by atoms with van der Waals surface area (Å²) in [7, 11) is -3.14. The van der Waals surface area contributed by atoms with Gasteiger partial charge in [-0.2, -0.15) is 0 Å². The summed E-state index contributed by atoms with van der Waals surface area (Å²) in [6, 6.07) is 11.0. The van der Waals surface area contributed by atoms with E-state index in [1.807, 2.05) is 29.6 Å². The smallest absolute Gasteiger partial charge is 0.208 e. The monoisotopic (exact) mass is 380 g/mol. The maximum absolute atomic E-state index is 11.1. The molecule has 8 heteroatoms. The molecule has 0 bridgehead atoms. The zero-order valence-corrected chi connectivity index (χ0v) is 15.3. The second-order valence-electron chi connectivity index (χ2n) is 5.27. The Morgan fingerprint density at radius 2 is 1.92 bits per heavy atom. The van der Waals surface area contributed by atoms with Gasteiger partial charge >= 0.3 is 0 Å². The highest BCUT2D eigenvalue weighted by Crippen LogP contribution is 2.33. The van der Waals surface area contributed by atoms with Crippen molar-refractivity contribution < 1.29 is 13.5 Å². The number of nitrogens with zero attached hydrogens (tertiary/aromatic N) is 1. The molecule has 2 heterocycles. The number of aromatic hydroxyl groups is 1. The number of sulfonamides is 1. The van der Waals surface area contributed by atoms with E-state index in [-0.39, 0.29) is 5.75 Å². The summed E-state index contributed by atoms with van der Waals surface area (Å²) < 4.78 is 24.6. The van der Waals surface area contributed by atoms with Crippen molar-refractivity contribution in [3.63, 3.8) is 0 Å². The van der Waals surface area contributed by atoms with E-state index in [0.717, 1.165) is 32.3 Å². The minimum Gasteiger partial charge on any atom is -0.508 e. The predicted octanol–water partition coefficient (Wildman–Crippen LogP) is 3.34. The van der Waals surface area contributed by atoms with E-state index in [1.165, 1.54) is 0 Å². The van der Waals surface area contributed by atoms with Gasteiger partial charge in [0.25, 0.3) is 0 Å². The second kappa shape index (κ2) is 7.02. The van der Waals surface area contributed by atoms with Crippen LogP contribution < -0.4 is 4.72 Å². The zero-order chi connectivity index (χ0) is 17.2. The van der Waals surface area contributed by atoms with Crippen LogP contribution in [0.3, 0.4) is 0 Å². The summed E-state index contributed by atoms with van der Waals surface area (Å²) in [6.07, 6.45) is 1.82. The van der Waals surface area contributed by atoms with Crippen molar-refractivity contribution in [2.75, 3.05) is 12.8 Å². The fourth-order valence-corrected chi connectivity index (χ4v) is 4.47. The Morgan fingerprint density at radius 3 is 2.62 bits per heavy atom. The van der Waals surface area contributed by atoms with Crippen LogP contribution in [0.25, 0.3) is 21.1 Å². The summed E-state index contributed by atoms with van der Waals surface area (Å²) >= 11 is 3.17. The molecule has 3 rings (SSSR count). The van der Waals surface area contributed by atoms with Crippen LogP contribution in [0.5, 0.6) is 5.75 Å². The van der Waals surface area contributed by atoms with Gasteiger partial charge in [-0.05, 0) is 42.8 Å². The van der Waals surface area contributed by atoms with Crippen LogP contribution in [0, 0.1) is 0 Å². The molecular weight excluding hydrogens is 364 g/mol. The van der Waals surface area contributed by atoms with E-state index in [2.05, 4.69) is 9.71 Å². The van der Waals surface area contributed by atoms with Crippen molar-refractivity contribution in [3.8, 4) is 26.9 Å². The number of benzene rings is 1. The second-order valence-corrected chi connectivity index (χ2v) is 9.13. The maximum atomic E-state index is 11.1. The number of thiophene rings is 1. The van der Waals surface area contributed by atoms with Crippen LogP contribution in [-0.2, 0) is 16.4 Å². The molecule has 0 aliphatic heterocycles. The molecule has 2 N–H and O–H groups in total. The molecule has 5 nitrogen and oxygen atoms in total. The summed E-state index contributed by atoms with van der Waals surface area (Å²) in [5.41, 5.74) is 1.88. The number of phenolic OH excluding ortho intramolecular Hbond substituents is 1. The predicted molar refractivity (Wildman–Crippen MR) is 99.1 cm³/mol. The first-order valence-electron chi connectivity index (χ1n) is 7.19. The number of aromatic nitrogens is 1. The van der Waals surface area contributed by atoms with E-state index >= 15 is 0 Å². The Balaban J connectivity index is 1.70. The molecule has 0 unspecified atom stereocenters. The fraction of sp³-hybridized carbons (Fsp3) is 0.188. The lowest BCUT2D eigenvalue weighted by atomic mass is 10.2. The molecule has 0 amide bonds. The highest BCUT2D eigenvalue weighted by Gasteiger charge is 2.10. The molecule has 24 heavy (non-hydrogen) atoms. The minimum atomic E-state index is -3.14. The number of rotatable bonds is 6. The standard InChI is InChI=1S/C16H16N2O3S3/c1-24(20,21)17-9-8-13-6-7-15(23-13)14-10-22-16(18-14)11-2-4-12(19)5-3-11/h2-7,10,17,19H,8-9H2,1H3. The molecule has 0 spiro atoms. The third-order valence-electron chi connectivity index (χ3n) is 3.27. The van der Waals surface area contributed by atoms with Gasteiger partial charge in [0.05, 0.1) is 16.8 Å². The molecule has 2 aromatic heterocycles. The number of thiazole rings is 1. The quantitative estimate of drug-likeness (QED) is 0.687. The average Bonchev–Trinajstić information content (AvgIpc) is 3.15. The van der Waals surface area contributed by atoms with Crippen LogP contribution in [0.2, 0.25) is 0 Å². The Labute approximate surface area is 148 Å². The van der Waals surface area contributed by atoms with Crippen molar-refractivity contribution in [1.29, 1.82) is 0 Å². The largest absolute Gasteiger partial charge is 0.508 e. The molecule has 0 saturated carbocycles. The van der Waals surface area contributed by atoms with Crippen molar-refractivity contribution in [1.82, 2.24) is 9.71 Å². The van der Waals surface area contributed by atoms with Gasteiger partial charge in [0.15, 0.2) is 0 Å². The minimum absolute atomic E-state index is 0.237. The van der Waals surface area contributed by atoms with Crippen LogP contribution >= 0.6 is 22.7 Å². The number of phenols is 1. The van der Waals surface area contributed by atoms with Crippen molar-refractivity contribution in [2.24, 2.45) is 0 Å². The lowest BCUT2D eigenvalue weighted by molar-refractivity contribution is 0.475. The van der Waals surface area contributed by atoms with Gasteiger partial charge in [0.1, 0.15) is 10.8 Å². The first-order chi connectivity index (χ1) is 11.4. The highest BCUT2D eigenvalue weighted by molar-refractivity contribution is 7.88. The summed E-state index contributed by atoms with van der Waals surface area (Å²) in [5.74, 6) is 0.237. The molecule has 0 fully saturated rings. The third-order valence-corrected chi connectivity index (χ3v) is 6.06. The van der Waals surface area contributed by atoms with Crippen LogP contribution in [0.4, 0.5) is 0 Å². The van der Waals surface area contributed by atoms with Gasteiger partial charge in [-0.1, -0.05) is 0 Å². The van der Waals surface area contributed by atoms with Crippen molar-refractivity contribution in [2.45, 2.75) is 6.42 Å².